The molecule has 0 N–H and O–H groups in total. The van der Waals surface area contributed by atoms with Crippen LogP contribution in [0, 0.1) is 11.8 Å². The van der Waals surface area contributed by atoms with Crippen LogP contribution in [-0.4, -0.2) is 29.9 Å². The summed E-state index contributed by atoms with van der Waals surface area (Å²) >= 11 is 0. The highest BCUT2D eigenvalue weighted by molar-refractivity contribution is 6.04. The molecule has 0 radical (unpaired) electrons. The van der Waals surface area contributed by atoms with Gasteiger partial charge in [-0.3, -0.25) is 4.79 Å². The lowest BCUT2D eigenvalue weighted by atomic mass is 9.84. The Morgan fingerprint density at radius 2 is 1.96 bits per heavy atom. The van der Waals surface area contributed by atoms with E-state index in [-0.39, 0.29) is 23.7 Å². The number of fused-ring (bicyclic) bond motifs is 2. The fraction of sp³-hybridized carbons (Fsp3) is 0.450. The van der Waals surface area contributed by atoms with Gasteiger partial charge in [-0.15, -0.1) is 0 Å². The molecule has 1 aliphatic heterocycles. The summed E-state index contributed by atoms with van der Waals surface area (Å²) in [6, 6.07) is 0. The van der Waals surface area contributed by atoms with Gasteiger partial charge in [-0.25, -0.2) is 9.59 Å². The van der Waals surface area contributed by atoms with E-state index in [0.717, 1.165) is 5.57 Å². The average molecular weight is 342 g/mol. The van der Waals surface area contributed by atoms with Crippen LogP contribution in [0.1, 0.15) is 33.6 Å². The van der Waals surface area contributed by atoms with E-state index in [1.165, 1.54) is 0 Å². The minimum absolute atomic E-state index is 0.0106. The number of ether oxygens (including phenoxy) is 2. The second-order valence-electron chi connectivity index (χ2n) is 6.96. The van der Waals surface area contributed by atoms with E-state index in [9.17, 15) is 14.4 Å². The van der Waals surface area contributed by atoms with Crippen molar-refractivity contribution in [3.63, 3.8) is 0 Å². The van der Waals surface area contributed by atoms with E-state index in [1.54, 1.807) is 19.9 Å². The molecule has 0 saturated carbocycles. The second kappa shape index (κ2) is 6.14. The molecular formula is C20H22O5. The van der Waals surface area contributed by atoms with Crippen molar-refractivity contribution >= 4 is 17.7 Å². The summed E-state index contributed by atoms with van der Waals surface area (Å²) in [5, 5.41) is 0. The van der Waals surface area contributed by atoms with E-state index in [2.05, 4.69) is 13.2 Å². The van der Waals surface area contributed by atoms with Crippen molar-refractivity contribution in [2.45, 2.75) is 45.8 Å². The van der Waals surface area contributed by atoms with Crippen molar-refractivity contribution in [1.82, 2.24) is 0 Å². The number of allylic oxidation sites excluding steroid dienone is 2. The Balaban J connectivity index is 2.03. The number of hydrogen-bond acceptors (Lipinski definition) is 5. The number of esters is 2. The molecule has 0 aromatic rings. The van der Waals surface area contributed by atoms with Crippen molar-refractivity contribution in [1.29, 1.82) is 0 Å². The summed E-state index contributed by atoms with van der Waals surface area (Å²) in [7, 11) is 0. The molecule has 2 aliphatic carbocycles. The molecule has 5 heteroatoms. The Bertz CT molecular complexity index is 767. The molecule has 1 saturated heterocycles. The molecule has 4 atom stereocenters. The number of carbonyl (C=O) groups is 3. The topological polar surface area (TPSA) is 69.7 Å². The van der Waals surface area contributed by atoms with Crippen LogP contribution in [0.3, 0.4) is 0 Å². The number of rotatable bonds is 2. The molecule has 1 heterocycles. The van der Waals surface area contributed by atoms with E-state index in [0.29, 0.717) is 23.1 Å². The molecule has 3 aliphatic rings. The molecule has 5 nitrogen and oxygen atoms in total. The third kappa shape index (κ3) is 2.68. The first-order chi connectivity index (χ1) is 11.8. The van der Waals surface area contributed by atoms with Gasteiger partial charge in [0, 0.05) is 29.6 Å². The Hall–Kier alpha value is -2.43. The van der Waals surface area contributed by atoms with E-state index < -0.39 is 30.1 Å². The highest BCUT2D eigenvalue weighted by Crippen LogP contribution is 2.48. The van der Waals surface area contributed by atoms with Crippen LogP contribution < -0.4 is 0 Å². The van der Waals surface area contributed by atoms with E-state index in [1.807, 2.05) is 6.92 Å². The van der Waals surface area contributed by atoms with Crippen molar-refractivity contribution < 1.29 is 23.9 Å². The van der Waals surface area contributed by atoms with Crippen LogP contribution in [0.15, 0.2) is 47.1 Å². The van der Waals surface area contributed by atoms with Gasteiger partial charge in [0.15, 0.2) is 5.78 Å². The minimum atomic E-state index is -0.635. The van der Waals surface area contributed by atoms with Gasteiger partial charge in [0.1, 0.15) is 12.2 Å². The first kappa shape index (κ1) is 17.4. The largest absolute Gasteiger partial charge is 0.458 e. The smallest absolute Gasteiger partial charge is 0.334 e. The average Bonchev–Trinajstić information content (AvgIpc) is 2.96. The van der Waals surface area contributed by atoms with Gasteiger partial charge in [0.05, 0.1) is 5.92 Å². The van der Waals surface area contributed by atoms with Crippen molar-refractivity contribution in [3.05, 3.63) is 47.1 Å². The van der Waals surface area contributed by atoms with Crippen molar-refractivity contribution in [3.8, 4) is 0 Å². The molecule has 0 spiro atoms. The summed E-state index contributed by atoms with van der Waals surface area (Å²) in [5.74, 6) is -1.45. The predicted molar refractivity (Wildman–Crippen MR) is 91.4 cm³/mol. The van der Waals surface area contributed by atoms with Crippen LogP contribution in [0.5, 0.6) is 0 Å². The van der Waals surface area contributed by atoms with Crippen LogP contribution >= 0.6 is 0 Å². The zero-order chi connectivity index (χ0) is 18.5. The number of carbonyl (C=O) groups excluding carboxylic acids is 3. The molecule has 0 aromatic carbocycles. The van der Waals surface area contributed by atoms with Crippen LogP contribution in [0.2, 0.25) is 0 Å². The Labute approximate surface area is 147 Å². The normalized spacial score (nSPS) is 32.4. The zero-order valence-electron chi connectivity index (χ0n) is 14.8. The van der Waals surface area contributed by atoms with Gasteiger partial charge in [0.2, 0.25) is 0 Å². The molecule has 3 rings (SSSR count). The molecule has 25 heavy (non-hydrogen) atoms. The van der Waals surface area contributed by atoms with E-state index >= 15 is 0 Å². The second-order valence-corrected chi connectivity index (χ2v) is 6.96. The number of hydrogen-bond donors (Lipinski definition) is 0. The third-order valence-electron chi connectivity index (χ3n) is 5.34. The molecule has 0 unspecified atom stereocenters. The highest BCUT2D eigenvalue weighted by Gasteiger charge is 2.52. The maximum atomic E-state index is 12.4. The van der Waals surface area contributed by atoms with Crippen LogP contribution in [-0.2, 0) is 23.9 Å². The molecule has 0 bridgehead atoms. The molecule has 1 fully saturated rings. The monoisotopic (exact) mass is 342 g/mol. The van der Waals surface area contributed by atoms with Gasteiger partial charge in [-0.2, -0.15) is 0 Å². The summed E-state index contributed by atoms with van der Waals surface area (Å²) < 4.78 is 11.2. The lowest BCUT2D eigenvalue weighted by Crippen LogP contribution is -2.34. The zero-order valence-corrected chi connectivity index (χ0v) is 14.8. The molecular weight excluding hydrogens is 320 g/mol. The van der Waals surface area contributed by atoms with Gasteiger partial charge < -0.3 is 9.47 Å². The predicted octanol–water partition coefficient (Wildman–Crippen LogP) is 2.83. The number of Topliss-reactive ketones (excluding diaryl/α,β-unsaturated/α-hetero) is 1. The first-order valence-corrected chi connectivity index (χ1v) is 8.45. The third-order valence-corrected chi connectivity index (χ3v) is 5.34. The maximum absolute atomic E-state index is 12.4. The van der Waals surface area contributed by atoms with Crippen LogP contribution in [0.25, 0.3) is 0 Å². The van der Waals surface area contributed by atoms with Gasteiger partial charge in [0.25, 0.3) is 0 Å². The summed E-state index contributed by atoms with van der Waals surface area (Å²) in [6.07, 6.45) is 1.10. The van der Waals surface area contributed by atoms with Gasteiger partial charge >= 0.3 is 11.9 Å². The summed E-state index contributed by atoms with van der Waals surface area (Å²) in [4.78, 5) is 36.8. The lowest BCUT2D eigenvalue weighted by molar-refractivity contribution is -0.147. The van der Waals surface area contributed by atoms with Crippen molar-refractivity contribution in [2.75, 3.05) is 0 Å². The first-order valence-electron chi connectivity index (χ1n) is 8.45. The number of ketones is 1. The molecule has 0 amide bonds. The van der Waals surface area contributed by atoms with E-state index in [4.69, 9.17) is 9.47 Å². The molecule has 132 valence electrons. The Morgan fingerprint density at radius 3 is 2.60 bits per heavy atom. The summed E-state index contributed by atoms with van der Waals surface area (Å²) in [5.41, 5.74) is 2.76. The van der Waals surface area contributed by atoms with Crippen LogP contribution in [0.4, 0.5) is 0 Å². The quantitative estimate of drug-likeness (QED) is 0.570. The summed E-state index contributed by atoms with van der Waals surface area (Å²) in [6.45, 7) is 13.3. The Morgan fingerprint density at radius 1 is 1.28 bits per heavy atom. The minimum Gasteiger partial charge on any atom is -0.458 e. The maximum Gasteiger partial charge on any atom is 0.334 e. The fourth-order valence-electron chi connectivity index (χ4n) is 3.92. The van der Waals surface area contributed by atoms with Gasteiger partial charge in [-0.1, -0.05) is 26.2 Å². The standard InChI is InChI=1S/C20H22O5/c1-6-9(2)19(22)24-14-8-11(4)15-13(21)7-10(3)16(15)18-17(14)12(5)20(23)25-18/h6,10,14,17-18H,4-5,7-8H2,1-3H3/b9-6-/t10-,14+,17-,18-/m1/s1. The fourth-order valence-corrected chi connectivity index (χ4v) is 3.92. The highest BCUT2D eigenvalue weighted by atomic mass is 16.6. The van der Waals surface area contributed by atoms with Gasteiger partial charge in [-0.05, 0) is 30.9 Å². The lowest BCUT2D eigenvalue weighted by Gasteiger charge is -2.27. The SMILES string of the molecule is C=C1C[C@H](OC(=O)/C(C)=C\C)[C@H]2C(=C)C(=O)O[C@@H]2C2=C1C(=O)C[C@H]2C. The molecule has 0 aromatic heterocycles. The Kier molecular flexibility index (Phi) is 4.27. The van der Waals surface area contributed by atoms with Crippen molar-refractivity contribution in [2.24, 2.45) is 11.8 Å².